The van der Waals surface area contributed by atoms with Gasteiger partial charge in [0.15, 0.2) is 5.96 Å². The van der Waals surface area contributed by atoms with E-state index in [-0.39, 0.29) is 116 Å². The molecule has 3 aromatic rings. The zero-order valence-electron chi connectivity index (χ0n) is 65.1. The minimum Gasteiger partial charge on any atom is -0.394 e. The molecule has 34 nitrogen and oxygen atoms in total. The highest BCUT2D eigenvalue weighted by Crippen LogP contribution is 2.24. The second kappa shape index (κ2) is 52.4. The molecule has 21 N–H and O–H groups in total. The Morgan fingerprint density at radius 3 is 1.89 bits per heavy atom. The predicted molar refractivity (Wildman–Crippen MR) is 418 cm³/mol. The standard InChI is InChI=1S/C78H123N17O17/c1-3-5-7-8-9-10-11-12-13-14-15-16-20-33-66(99)84-40-41-111-42-43-112-50-68(101)87-59(34-36-65(79)98)72(105)94-63(49-96)75(108)90-57(29-6-4-2)70(103)91-60-35-37-67(100)83-38-24-23-31-56(69(80)102)88-74(107)62(45-52-47-86-55-30-22-21-28-54(52)55)92-71(104)58(32-25-39-85-78(81)82)89-73(106)61(44-51-26-18-17-19-27-51)93-76(109)64-46-53(97)48-95(64)77(60)110/h17-19,21-22,26-28,30,47,53,56-64,86,96-97H,3-16,20,23-25,29,31-46,48-50H2,1-2H3,(H2,79,98)(H2,80,102)(H,83,100)(H,84,99)(H,87,101)(H,88,107)(H,89,106)(H,90,108)(H,91,103)(H,92,104)(H,93,109)(H,94,105)(H4,81,82,85)/t53-,56+,57+,58+,59+,60+,61?,62+,63+,64+/m1/s1. The lowest BCUT2D eigenvalue weighted by Gasteiger charge is -2.31. The number of aromatic nitrogens is 1. The van der Waals surface area contributed by atoms with Crippen molar-refractivity contribution in [3.63, 3.8) is 0 Å². The van der Waals surface area contributed by atoms with E-state index in [1.807, 2.05) is 18.2 Å². The lowest BCUT2D eigenvalue weighted by Crippen LogP contribution is -2.61. The van der Waals surface area contributed by atoms with Crippen molar-refractivity contribution >= 4 is 93.7 Å². The number of carbonyl (C=O) groups excluding carboxylic acids is 13. The van der Waals surface area contributed by atoms with Gasteiger partial charge in [0.1, 0.15) is 61.0 Å². The molecule has 0 aliphatic carbocycles. The number of carbonyl (C=O) groups is 13. The van der Waals surface area contributed by atoms with Crippen LogP contribution in [0.5, 0.6) is 0 Å². The molecule has 5 rings (SSSR count). The van der Waals surface area contributed by atoms with Gasteiger partial charge >= 0.3 is 0 Å². The molecular formula is C78H123N17O17. The van der Waals surface area contributed by atoms with Crippen molar-refractivity contribution < 1.29 is 82.0 Å². The van der Waals surface area contributed by atoms with Crippen molar-refractivity contribution in [2.75, 3.05) is 59.2 Å². The number of ether oxygens (including phenoxy) is 2. The molecular weight excluding hydrogens is 1450 g/mol. The number of unbranched alkanes of at least 4 members (excludes halogenated alkanes) is 13. The molecule has 13 amide bonds. The normalized spacial score (nSPS) is 19.9. The highest BCUT2D eigenvalue weighted by Gasteiger charge is 2.44. The number of benzene rings is 2. The fraction of sp³-hybridized carbons (Fsp3) is 0.641. The minimum atomic E-state index is -1.78. The fourth-order valence-corrected chi connectivity index (χ4v) is 13.3. The molecule has 2 aliphatic heterocycles. The average molecular weight is 1570 g/mol. The average Bonchev–Trinajstić information content (AvgIpc) is 1.64. The monoisotopic (exact) mass is 1570 g/mol. The van der Waals surface area contributed by atoms with E-state index in [1.165, 1.54) is 64.2 Å². The number of hydrogen-bond acceptors (Lipinski definition) is 18. The Kier molecular flexibility index (Phi) is 43.4. The summed E-state index contributed by atoms with van der Waals surface area (Å²) in [6.07, 6.45) is 15.4. The molecule has 0 radical (unpaired) electrons. The Labute approximate surface area is 655 Å². The lowest BCUT2D eigenvalue weighted by atomic mass is 10.0. The molecule has 10 atom stereocenters. The molecule has 2 saturated heterocycles. The van der Waals surface area contributed by atoms with Gasteiger partial charge in [-0.05, 0) is 75.0 Å². The summed E-state index contributed by atoms with van der Waals surface area (Å²) in [6.45, 7) is 2.53. The number of aliphatic hydroxyl groups is 2. The SMILES string of the molecule is CCCCCCCCCCCCCCCC(=O)NCCOCCOCC(=O)N[C@@H](CCC(N)=O)C(=O)N[C@@H](CO)C(=O)N[C@@H](CCCC)C(=O)N[C@H]1CCC(=O)NCCCC[C@@H](C(N)=O)NC(=O)[C@H](Cc2c[nH]c3ccccc23)NC(=O)[C@H](CCCNC(=N)N)NC(=O)C(Cc2ccccc2)NC(=O)[C@@H]2C[C@@H](O)CN2C1=O. The van der Waals surface area contributed by atoms with E-state index in [9.17, 15) is 67.7 Å². The van der Waals surface area contributed by atoms with Crippen LogP contribution in [0, 0.1) is 5.41 Å². The maximum Gasteiger partial charge on any atom is 0.246 e. The first-order chi connectivity index (χ1) is 53.9. The van der Waals surface area contributed by atoms with Crippen LogP contribution < -0.4 is 75.7 Å². The number of amides is 13. The number of para-hydroxylation sites is 1. The van der Waals surface area contributed by atoms with E-state index >= 15 is 4.79 Å². The van der Waals surface area contributed by atoms with Crippen LogP contribution in [-0.4, -0.2) is 223 Å². The van der Waals surface area contributed by atoms with Crippen LogP contribution in [0.1, 0.15) is 198 Å². The maximum atomic E-state index is 15.2. The molecule has 2 aromatic carbocycles. The van der Waals surface area contributed by atoms with Crippen molar-refractivity contribution in [2.45, 2.75) is 261 Å². The Hall–Kier alpha value is -9.80. The quantitative estimate of drug-likeness (QED) is 0.0210. The van der Waals surface area contributed by atoms with Crippen molar-refractivity contribution in [2.24, 2.45) is 17.2 Å². The van der Waals surface area contributed by atoms with Crippen LogP contribution in [0.3, 0.4) is 0 Å². The van der Waals surface area contributed by atoms with Gasteiger partial charge in [-0.2, -0.15) is 0 Å². The van der Waals surface area contributed by atoms with Gasteiger partial charge in [0.25, 0.3) is 0 Å². The highest BCUT2D eigenvalue weighted by molar-refractivity contribution is 5.99. The third kappa shape index (κ3) is 35.3. The number of primary amides is 2. The molecule has 0 bridgehead atoms. The van der Waals surface area contributed by atoms with E-state index < -0.39 is 170 Å². The number of guanidine groups is 1. The Morgan fingerprint density at radius 2 is 1.21 bits per heavy atom. The second-order valence-electron chi connectivity index (χ2n) is 28.8. The Morgan fingerprint density at radius 1 is 0.607 bits per heavy atom. The number of aromatic amines is 1. The predicted octanol–water partition coefficient (Wildman–Crippen LogP) is 0.701. The first kappa shape index (κ1) is 92.8. The summed E-state index contributed by atoms with van der Waals surface area (Å²) in [5.74, 6) is -11.1. The van der Waals surface area contributed by atoms with Crippen LogP contribution in [0.4, 0.5) is 0 Å². The number of nitrogens with zero attached hydrogens (tertiary/aromatic N) is 1. The molecule has 2 fully saturated rings. The highest BCUT2D eigenvalue weighted by atomic mass is 16.5. The number of aliphatic hydroxyl groups excluding tert-OH is 2. The largest absolute Gasteiger partial charge is 0.394 e. The van der Waals surface area contributed by atoms with Gasteiger partial charge in [0.2, 0.25) is 76.8 Å². The zero-order valence-corrected chi connectivity index (χ0v) is 65.1. The van der Waals surface area contributed by atoms with E-state index in [0.717, 1.165) is 35.1 Å². The van der Waals surface area contributed by atoms with Gasteiger partial charge in [-0.1, -0.05) is 152 Å². The molecule has 0 saturated carbocycles. The summed E-state index contributed by atoms with van der Waals surface area (Å²) in [5.41, 5.74) is 18.7. The van der Waals surface area contributed by atoms with Crippen molar-refractivity contribution in [3.05, 3.63) is 71.9 Å². The fourth-order valence-electron chi connectivity index (χ4n) is 13.3. The molecule has 1 unspecified atom stereocenters. The van der Waals surface area contributed by atoms with E-state index in [2.05, 4.69) is 70.4 Å². The van der Waals surface area contributed by atoms with Crippen LogP contribution in [0.25, 0.3) is 10.9 Å². The van der Waals surface area contributed by atoms with Gasteiger partial charge in [-0.25, -0.2) is 0 Å². The topological polar surface area (TPSA) is 534 Å². The number of fused-ring (bicyclic) bond motifs is 2. The van der Waals surface area contributed by atoms with Crippen LogP contribution in [0.15, 0.2) is 60.8 Å². The third-order valence-electron chi connectivity index (χ3n) is 19.6. The Bertz CT molecular complexity index is 3490. The van der Waals surface area contributed by atoms with Gasteiger partial charge in [-0.3, -0.25) is 67.7 Å². The summed E-state index contributed by atoms with van der Waals surface area (Å²) >= 11 is 0. The number of hydrogen-bond donors (Lipinski definition) is 18. The summed E-state index contributed by atoms with van der Waals surface area (Å²) in [4.78, 5) is 185. The van der Waals surface area contributed by atoms with E-state index in [4.69, 9.17) is 32.1 Å². The van der Waals surface area contributed by atoms with Gasteiger partial charge in [-0.15, -0.1) is 0 Å². The van der Waals surface area contributed by atoms with Crippen molar-refractivity contribution in [1.82, 2.24) is 68.4 Å². The third-order valence-corrected chi connectivity index (χ3v) is 19.6. The lowest BCUT2D eigenvalue weighted by molar-refractivity contribution is -0.143. The second-order valence-corrected chi connectivity index (χ2v) is 28.8. The number of nitrogens with two attached hydrogens (primary N) is 3. The minimum absolute atomic E-state index is 0.0118. The molecule has 112 heavy (non-hydrogen) atoms. The van der Waals surface area contributed by atoms with Crippen LogP contribution in [0.2, 0.25) is 0 Å². The zero-order chi connectivity index (χ0) is 81.6. The van der Waals surface area contributed by atoms with Gasteiger partial charge in [0, 0.05) is 81.8 Å². The molecule has 1 aromatic heterocycles. The summed E-state index contributed by atoms with van der Waals surface area (Å²) in [7, 11) is 0. The first-order valence-electron chi connectivity index (χ1n) is 39.9. The van der Waals surface area contributed by atoms with Crippen LogP contribution in [-0.2, 0) is 84.6 Å². The number of rotatable bonds is 45. The van der Waals surface area contributed by atoms with Gasteiger partial charge in [0.05, 0.1) is 32.5 Å². The smallest absolute Gasteiger partial charge is 0.246 e. The van der Waals surface area contributed by atoms with Crippen molar-refractivity contribution in [1.29, 1.82) is 5.41 Å². The Balaban J connectivity index is 1.28. The molecule has 2 aliphatic rings. The maximum absolute atomic E-state index is 15.2. The van der Waals surface area contributed by atoms with Crippen molar-refractivity contribution in [3.8, 4) is 0 Å². The molecule has 34 heteroatoms. The van der Waals surface area contributed by atoms with Gasteiger partial charge < -0.3 is 105 Å². The van der Waals surface area contributed by atoms with Crippen LogP contribution >= 0.6 is 0 Å². The summed E-state index contributed by atoms with van der Waals surface area (Å²) in [6, 6.07) is 2.19. The number of nitrogens with one attached hydrogen (secondary N) is 13. The molecule has 0 spiro atoms. The first-order valence-corrected chi connectivity index (χ1v) is 39.9. The number of H-pyrrole nitrogens is 1. The molecule has 622 valence electrons. The summed E-state index contributed by atoms with van der Waals surface area (Å²) in [5, 5.41) is 59.4. The summed E-state index contributed by atoms with van der Waals surface area (Å²) < 4.78 is 11.0. The van der Waals surface area contributed by atoms with E-state index in [0.29, 0.717) is 30.4 Å². The van der Waals surface area contributed by atoms with E-state index in [1.54, 1.807) is 49.5 Å². The molecule has 3 heterocycles.